The average molecular weight is 374 g/mol. The largest absolute Gasteiger partial charge is 0.497 e. The molecule has 4 rings (SSSR count). The molecule has 28 heavy (non-hydrogen) atoms. The molecule has 0 radical (unpaired) electrons. The van der Waals surface area contributed by atoms with Crippen molar-refractivity contribution in [1.29, 1.82) is 0 Å². The number of methoxy groups -OCH3 is 1. The first-order chi connectivity index (χ1) is 13.7. The van der Waals surface area contributed by atoms with E-state index in [4.69, 9.17) is 9.84 Å². The third-order valence-corrected chi connectivity index (χ3v) is 5.42. The number of hydrogen-bond donors (Lipinski definition) is 0. The SMILES string of the molecule is COc1ccc(C(C)=NN2CCN(Cc3cccc4ccccc34)CC2)cc1. The fourth-order valence-electron chi connectivity index (χ4n) is 3.77. The highest BCUT2D eigenvalue weighted by Gasteiger charge is 2.17. The molecule has 1 aliphatic rings. The maximum atomic E-state index is 5.23. The Kier molecular flexibility index (Phi) is 5.58. The second-order valence-electron chi connectivity index (χ2n) is 7.28. The van der Waals surface area contributed by atoms with Gasteiger partial charge in [-0.05, 0) is 53.1 Å². The van der Waals surface area contributed by atoms with Crippen LogP contribution in [0.15, 0.2) is 71.8 Å². The number of nitrogens with zero attached hydrogens (tertiary/aromatic N) is 3. The maximum Gasteiger partial charge on any atom is 0.118 e. The zero-order chi connectivity index (χ0) is 19.3. The minimum atomic E-state index is 0.874. The molecule has 144 valence electrons. The maximum absolute atomic E-state index is 5.23. The van der Waals surface area contributed by atoms with Crippen LogP contribution in [-0.4, -0.2) is 48.9 Å². The van der Waals surface area contributed by atoms with Gasteiger partial charge in [-0.15, -0.1) is 0 Å². The van der Waals surface area contributed by atoms with Crippen LogP contribution in [-0.2, 0) is 6.54 Å². The van der Waals surface area contributed by atoms with Gasteiger partial charge in [0.25, 0.3) is 0 Å². The molecule has 1 saturated heterocycles. The summed E-state index contributed by atoms with van der Waals surface area (Å²) in [6, 6.07) is 23.3. The predicted octanol–water partition coefficient (Wildman–Crippen LogP) is 4.39. The molecule has 1 fully saturated rings. The number of piperazine rings is 1. The third kappa shape index (κ3) is 4.18. The Morgan fingerprint density at radius 3 is 2.36 bits per heavy atom. The number of hydrogen-bond acceptors (Lipinski definition) is 4. The average Bonchev–Trinajstić information content (AvgIpc) is 2.75. The van der Waals surface area contributed by atoms with Gasteiger partial charge in [-0.25, -0.2) is 0 Å². The Balaban J connectivity index is 1.37. The monoisotopic (exact) mass is 373 g/mol. The van der Waals surface area contributed by atoms with Crippen molar-refractivity contribution in [2.45, 2.75) is 13.5 Å². The van der Waals surface area contributed by atoms with E-state index in [0.29, 0.717) is 0 Å². The number of ether oxygens (including phenoxy) is 1. The summed E-state index contributed by atoms with van der Waals surface area (Å²) in [5.74, 6) is 0.874. The van der Waals surface area contributed by atoms with Crippen LogP contribution in [0.2, 0.25) is 0 Å². The van der Waals surface area contributed by atoms with E-state index >= 15 is 0 Å². The molecule has 4 nitrogen and oxygen atoms in total. The van der Waals surface area contributed by atoms with Crippen LogP contribution in [0.5, 0.6) is 5.75 Å². The molecule has 0 bridgehead atoms. The highest BCUT2D eigenvalue weighted by molar-refractivity contribution is 5.98. The van der Waals surface area contributed by atoms with Crippen LogP contribution in [0.3, 0.4) is 0 Å². The second kappa shape index (κ2) is 8.44. The summed E-state index contributed by atoms with van der Waals surface area (Å²) in [6.45, 7) is 7.04. The summed E-state index contributed by atoms with van der Waals surface area (Å²) in [7, 11) is 1.69. The third-order valence-electron chi connectivity index (χ3n) is 5.42. The molecule has 0 N–H and O–H groups in total. The highest BCUT2D eigenvalue weighted by Crippen LogP contribution is 2.21. The first-order valence-electron chi connectivity index (χ1n) is 9.86. The molecule has 4 heteroatoms. The summed E-state index contributed by atoms with van der Waals surface area (Å²) in [5, 5.41) is 9.71. The second-order valence-corrected chi connectivity index (χ2v) is 7.28. The van der Waals surface area contributed by atoms with Gasteiger partial charge in [0.15, 0.2) is 0 Å². The Hall–Kier alpha value is -2.85. The first kappa shape index (κ1) is 18.5. The van der Waals surface area contributed by atoms with E-state index < -0.39 is 0 Å². The van der Waals surface area contributed by atoms with Crippen LogP contribution in [0.1, 0.15) is 18.1 Å². The van der Waals surface area contributed by atoms with E-state index in [1.54, 1.807) is 7.11 Å². The van der Waals surface area contributed by atoms with E-state index in [1.807, 2.05) is 12.1 Å². The summed E-state index contributed by atoms with van der Waals surface area (Å²) >= 11 is 0. The summed E-state index contributed by atoms with van der Waals surface area (Å²) in [6.07, 6.45) is 0. The van der Waals surface area contributed by atoms with Gasteiger partial charge < -0.3 is 4.74 Å². The minimum absolute atomic E-state index is 0.874. The van der Waals surface area contributed by atoms with Crippen molar-refractivity contribution in [3.05, 3.63) is 77.9 Å². The molecular formula is C24H27N3O. The van der Waals surface area contributed by atoms with Crippen LogP contribution in [0, 0.1) is 0 Å². The summed E-state index contributed by atoms with van der Waals surface area (Å²) < 4.78 is 5.23. The van der Waals surface area contributed by atoms with Gasteiger partial charge in [-0.1, -0.05) is 42.5 Å². The van der Waals surface area contributed by atoms with Crippen molar-refractivity contribution in [1.82, 2.24) is 9.91 Å². The molecule has 0 unspecified atom stereocenters. The fourth-order valence-corrected chi connectivity index (χ4v) is 3.77. The lowest BCUT2D eigenvalue weighted by Gasteiger charge is -2.33. The molecule has 1 heterocycles. The Bertz CT molecular complexity index is 952. The van der Waals surface area contributed by atoms with E-state index in [9.17, 15) is 0 Å². The van der Waals surface area contributed by atoms with Crippen molar-refractivity contribution in [2.75, 3.05) is 33.3 Å². The normalized spacial score (nSPS) is 15.8. The van der Waals surface area contributed by atoms with Crippen molar-refractivity contribution >= 4 is 16.5 Å². The molecule has 1 aliphatic heterocycles. The molecule has 0 atom stereocenters. The van der Waals surface area contributed by atoms with E-state index in [0.717, 1.165) is 49.7 Å². The van der Waals surface area contributed by atoms with Gasteiger partial charge in [0, 0.05) is 32.7 Å². The number of hydrazone groups is 1. The lowest BCUT2D eigenvalue weighted by atomic mass is 10.0. The lowest BCUT2D eigenvalue weighted by Crippen LogP contribution is -2.43. The van der Waals surface area contributed by atoms with Crippen molar-refractivity contribution < 1.29 is 4.74 Å². The Labute approximate surface area is 167 Å². The molecule has 0 spiro atoms. The van der Waals surface area contributed by atoms with E-state index in [1.165, 1.54) is 16.3 Å². The van der Waals surface area contributed by atoms with E-state index in [-0.39, 0.29) is 0 Å². The number of fused-ring (bicyclic) bond motifs is 1. The van der Waals surface area contributed by atoms with Gasteiger partial charge in [-0.3, -0.25) is 9.91 Å². The summed E-state index contributed by atoms with van der Waals surface area (Å²) in [5.41, 5.74) is 3.59. The van der Waals surface area contributed by atoms with Gasteiger partial charge >= 0.3 is 0 Å². The van der Waals surface area contributed by atoms with Gasteiger partial charge in [-0.2, -0.15) is 5.10 Å². The number of benzene rings is 3. The minimum Gasteiger partial charge on any atom is -0.497 e. The van der Waals surface area contributed by atoms with Gasteiger partial charge in [0.1, 0.15) is 5.75 Å². The zero-order valence-corrected chi connectivity index (χ0v) is 16.6. The van der Waals surface area contributed by atoms with Crippen molar-refractivity contribution in [2.24, 2.45) is 5.10 Å². The van der Waals surface area contributed by atoms with E-state index in [2.05, 4.69) is 71.4 Å². The van der Waals surface area contributed by atoms with Crippen molar-refractivity contribution in [3.63, 3.8) is 0 Å². The molecule has 0 saturated carbocycles. The molecule has 0 amide bonds. The fraction of sp³-hybridized carbons (Fsp3) is 0.292. The van der Waals surface area contributed by atoms with Gasteiger partial charge in [0.05, 0.1) is 12.8 Å². The predicted molar refractivity (Wildman–Crippen MR) is 116 cm³/mol. The quantitative estimate of drug-likeness (QED) is 0.621. The highest BCUT2D eigenvalue weighted by atomic mass is 16.5. The van der Waals surface area contributed by atoms with Crippen LogP contribution in [0.25, 0.3) is 10.8 Å². The van der Waals surface area contributed by atoms with Crippen LogP contribution < -0.4 is 4.74 Å². The molecule has 3 aromatic carbocycles. The lowest BCUT2D eigenvalue weighted by molar-refractivity contribution is 0.131. The topological polar surface area (TPSA) is 28.1 Å². The Morgan fingerprint density at radius 1 is 0.893 bits per heavy atom. The molecule has 0 aliphatic carbocycles. The first-order valence-corrected chi connectivity index (χ1v) is 9.86. The van der Waals surface area contributed by atoms with Crippen molar-refractivity contribution in [3.8, 4) is 5.75 Å². The summed E-state index contributed by atoms with van der Waals surface area (Å²) in [4.78, 5) is 2.52. The zero-order valence-electron chi connectivity index (χ0n) is 16.6. The number of rotatable bonds is 5. The molecular weight excluding hydrogens is 346 g/mol. The standard InChI is InChI=1S/C24H27N3O/c1-19(20-10-12-23(28-2)13-11-20)25-27-16-14-26(15-17-27)18-22-8-5-7-21-6-3-4-9-24(21)22/h3-13H,14-18H2,1-2H3. The Morgan fingerprint density at radius 2 is 1.61 bits per heavy atom. The molecule has 3 aromatic rings. The van der Waals surface area contributed by atoms with Gasteiger partial charge in [0.2, 0.25) is 0 Å². The smallest absolute Gasteiger partial charge is 0.118 e. The van der Waals surface area contributed by atoms with Crippen LogP contribution >= 0.6 is 0 Å². The molecule has 0 aromatic heterocycles. The van der Waals surface area contributed by atoms with Crippen LogP contribution in [0.4, 0.5) is 0 Å².